The highest BCUT2D eigenvalue weighted by atomic mass is 16.2. The fourth-order valence-corrected chi connectivity index (χ4v) is 3.27. The molecule has 5 nitrogen and oxygen atoms in total. The van der Waals surface area contributed by atoms with E-state index in [9.17, 15) is 4.79 Å². The summed E-state index contributed by atoms with van der Waals surface area (Å²) in [5, 5.41) is 6.32. The van der Waals surface area contributed by atoms with E-state index in [0.29, 0.717) is 11.5 Å². The Morgan fingerprint density at radius 2 is 2.15 bits per heavy atom. The van der Waals surface area contributed by atoms with Crippen LogP contribution >= 0.6 is 0 Å². The first-order valence-electron chi connectivity index (χ1n) is 8.03. The van der Waals surface area contributed by atoms with Crippen LogP contribution in [0.1, 0.15) is 45.4 Å². The van der Waals surface area contributed by atoms with Gasteiger partial charge in [-0.25, -0.2) is 4.99 Å². The lowest BCUT2D eigenvalue weighted by atomic mass is 9.68. The third-order valence-corrected chi connectivity index (χ3v) is 4.80. The second kappa shape index (κ2) is 5.62. The van der Waals surface area contributed by atoms with E-state index >= 15 is 0 Å². The zero-order valence-electron chi connectivity index (χ0n) is 12.5. The van der Waals surface area contributed by atoms with Crippen molar-refractivity contribution in [2.24, 2.45) is 10.4 Å². The third kappa shape index (κ3) is 3.07. The standard InChI is InChI=1S/C15H26N4O/c1-2-16-14(17-10-13(20)18-12-4-5-12)19-9-8-15(11-19)6-3-7-15/h12H,2-11H2,1H3,(H,16,17)(H,18,20). The molecule has 0 aromatic heterocycles. The molecule has 112 valence electrons. The van der Waals surface area contributed by atoms with Gasteiger partial charge in [0, 0.05) is 25.7 Å². The summed E-state index contributed by atoms with van der Waals surface area (Å²) in [4.78, 5) is 18.6. The lowest BCUT2D eigenvalue weighted by Gasteiger charge is -2.38. The van der Waals surface area contributed by atoms with Crippen LogP contribution in [0.3, 0.4) is 0 Å². The van der Waals surface area contributed by atoms with Crippen molar-refractivity contribution < 1.29 is 4.79 Å². The summed E-state index contributed by atoms with van der Waals surface area (Å²) in [6, 6.07) is 0.422. The Morgan fingerprint density at radius 3 is 2.70 bits per heavy atom. The summed E-state index contributed by atoms with van der Waals surface area (Å²) in [5.41, 5.74) is 0.562. The zero-order valence-corrected chi connectivity index (χ0v) is 12.5. The van der Waals surface area contributed by atoms with Crippen LogP contribution in [-0.2, 0) is 4.79 Å². The van der Waals surface area contributed by atoms with Crippen LogP contribution in [0.2, 0.25) is 0 Å². The molecular formula is C15H26N4O. The van der Waals surface area contributed by atoms with Crippen LogP contribution in [0.25, 0.3) is 0 Å². The Balaban J connectivity index is 1.55. The minimum atomic E-state index is 0.0560. The minimum absolute atomic E-state index is 0.0560. The van der Waals surface area contributed by atoms with Gasteiger partial charge in [0.05, 0.1) is 0 Å². The zero-order chi connectivity index (χ0) is 14.0. The van der Waals surface area contributed by atoms with Gasteiger partial charge in [0.25, 0.3) is 0 Å². The van der Waals surface area contributed by atoms with E-state index in [4.69, 9.17) is 0 Å². The molecule has 2 N–H and O–H groups in total. The fraction of sp³-hybridized carbons (Fsp3) is 0.867. The number of nitrogens with zero attached hydrogens (tertiary/aromatic N) is 2. The van der Waals surface area contributed by atoms with E-state index in [-0.39, 0.29) is 12.5 Å². The van der Waals surface area contributed by atoms with Crippen LogP contribution in [0.15, 0.2) is 4.99 Å². The highest BCUT2D eigenvalue weighted by Gasteiger charge is 2.43. The number of amides is 1. The summed E-state index contributed by atoms with van der Waals surface area (Å²) in [5.74, 6) is 0.975. The first-order chi connectivity index (χ1) is 9.71. The molecule has 1 heterocycles. The van der Waals surface area contributed by atoms with E-state index < -0.39 is 0 Å². The molecule has 0 bridgehead atoms. The molecular weight excluding hydrogens is 252 g/mol. The number of carbonyl (C=O) groups is 1. The molecule has 5 heteroatoms. The predicted molar refractivity (Wildman–Crippen MR) is 79.6 cm³/mol. The van der Waals surface area contributed by atoms with Gasteiger partial charge in [-0.05, 0) is 44.4 Å². The molecule has 1 saturated heterocycles. The van der Waals surface area contributed by atoms with Crippen molar-refractivity contribution in [3.8, 4) is 0 Å². The van der Waals surface area contributed by atoms with Crippen LogP contribution in [-0.4, -0.2) is 49.0 Å². The van der Waals surface area contributed by atoms with Crippen LogP contribution < -0.4 is 10.6 Å². The first-order valence-corrected chi connectivity index (χ1v) is 8.03. The number of carbonyl (C=O) groups excluding carboxylic acids is 1. The maximum absolute atomic E-state index is 11.7. The topological polar surface area (TPSA) is 56.7 Å². The lowest BCUT2D eigenvalue weighted by molar-refractivity contribution is -0.119. The molecule has 1 aliphatic heterocycles. The van der Waals surface area contributed by atoms with E-state index in [1.165, 1.54) is 25.7 Å². The molecule has 20 heavy (non-hydrogen) atoms. The third-order valence-electron chi connectivity index (χ3n) is 4.80. The number of likely N-dealkylation sites (tertiary alicyclic amines) is 1. The van der Waals surface area contributed by atoms with E-state index in [1.807, 2.05) is 0 Å². The van der Waals surface area contributed by atoms with Crippen LogP contribution in [0.5, 0.6) is 0 Å². The molecule has 0 unspecified atom stereocenters. The molecule has 2 saturated carbocycles. The number of rotatable bonds is 4. The predicted octanol–water partition coefficient (Wildman–Crippen LogP) is 1.11. The van der Waals surface area contributed by atoms with Crippen molar-refractivity contribution in [3.05, 3.63) is 0 Å². The van der Waals surface area contributed by atoms with Crippen LogP contribution in [0.4, 0.5) is 0 Å². The van der Waals surface area contributed by atoms with Crippen molar-refractivity contribution in [3.63, 3.8) is 0 Å². The van der Waals surface area contributed by atoms with Crippen LogP contribution in [0, 0.1) is 5.41 Å². The SMILES string of the molecule is CCNC(=NCC(=O)NC1CC1)N1CCC2(CCC2)C1. The van der Waals surface area contributed by atoms with Gasteiger partial charge in [-0.1, -0.05) is 6.42 Å². The highest BCUT2D eigenvalue weighted by molar-refractivity contribution is 5.85. The van der Waals surface area contributed by atoms with Gasteiger partial charge in [0.2, 0.25) is 5.91 Å². The van der Waals surface area contributed by atoms with E-state index in [2.05, 4.69) is 27.4 Å². The molecule has 0 aromatic rings. The number of nitrogens with one attached hydrogen (secondary N) is 2. The Morgan fingerprint density at radius 1 is 1.35 bits per heavy atom. The second-order valence-corrected chi connectivity index (χ2v) is 6.54. The van der Waals surface area contributed by atoms with Gasteiger partial charge in [-0.2, -0.15) is 0 Å². The van der Waals surface area contributed by atoms with Gasteiger partial charge < -0.3 is 15.5 Å². The number of hydrogen-bond acceptors (Lipinski definition) is 2. The highest BCUT2D eigenvalue weighted by Crippen LogP contribution is 2.47. The molecule has 0 radical (unpaired) electrons. The maximum Gasteiger partial charge on any atom is 0.242 e. The smallest absolute Gasteiger partial charge is 0.242 e. The summed E-state index contributed by atoms with van der Waals surface area (Å²) >= 11 is 0. The van der Waals surface area contributed by atoms with Gasteiger partial charge in [0.15, 0.2) is 5.96 Å². The van der Waals surface area contributed by atoms with Gasteiger partial charge in [-0.15, -0.1) is 0 Å². The Bertz CT molecular complexity index is 399. The van der Waals surface area contributed by atoms with Gasteiger partial charge >= 0.3 is 0 Å². The molecule has 1 spiro atoms. The Hall–Kier alpha value is -1.26. The molecule has 2 aliphatic carbocycles. The fourth-order valence-electron chi connectivity index (χ4n) is 3.27. The van der Waals surface area contributed by atoms with Gasteiger partial charge in [0.1, 0.15) is 6.54 Å². The van der Waals surface area contributed by atoms with E-state index in [1.54, 1.807) is 0 Å². The summed E-state index contributed by atoms with van der Waals surface area (Å²) < 4.78 is 0. The first kappa shape index (κ1) is 13.7. The largest absolute Gasteiger partial charge is 0.357 e. The molecule has 3 aliphatic rings. The Kier molecular flexibility index (Phi) is 3.85. The average Bonchev–Trinajstić information content (AvgIpc) is 3.07. The monoisotopic (exact) mass is 278 g/mol. The van der Waals surface area contributed by atoms with Crippen molar-refractivity contribution in [1.82, 2.24) is 15.5 Å². The van der Waals surface area contributed by atoms with Crippen molar-refractivity contribution in [1.29, 1.82) is 0 Å². The van der Waals surface area contributed by atoms with Crippen molar-refractivity contribution in [2.45, 2.75) is 51.5 Å². The average molecular weight is 278 g/mol. The maximum atomic E-state index is 11.7. The molecule has 3 rings (SSSR count). The van der Waals surface area contributed by atoms with Gasteiger partial charge in [-0.3, -0.25) is 4.79 Å². The van der Waals surface area contributed by atoms with E-state index in [0.717, 1.165) is 38.4 Å². The quantitative estimate of drug-likeness (QED) is 0.598. The number of guanidine groups is 1. The summed E-state index contributed by atoms with van der Waals surface area (Å²) in [6.07, 6.45) is 7.65. The van der Waals surface area contributed by atoms with Crippen molar-refractivity contribution in [2.75, 3.05) is 26.2 Å². The normalized spacial score (nSPS) is 24.6. The number of hydrogen-bond donors (Lipinski definition) is 2. The Labute approximate surface area is 121 Å². The second-order valence-electron chi connectivity index (χ2n) is 6.54. The molecule has 0 atom stereocenters. The molecule has 3 fully saturated rings. The molecule has 1 amide bonds. The molecule has 0 aromatic carbocycles. The number of aliphatic imine (C=N–C) groups is 1. The summed E-state index contributed by atoms with van der Waals surface area (Å²) in [7, 11) is 0. The summed E-state index contributed by atoms with van der Waals surface area (Å²) in [6.45, 7) is 5.38. The minimum Gasteiger partial charge on any atom is -0.357 e. The van der Waals surface area contributed by atoms with Crippen molar-refractivity contribution >= 4 is 11.9 Å². The lowest BCUT2D eigenvalue weighted by Crippen LogP contribution is -2.43.